The van der Waals surface area contributed by atoms with Crippen LogP contribution in [0.2, 0.25) is 0 Å². The highest BCUT2D eigenvalue weighted by molar-refractivity contribution is 9.10. The van der Waals surface area contributed by atoms with Crippen molar-refractivity contribution in [3.05, 3.63) is 58.7 Å². The van der Waals surface area contributed by atoms with Gasteiger partial charge in [-0.1, -0.05) is 34.1 Å². The van der Waals surface area contributed by atoms with Crippen LogP contribution < -0.4 is 10.2 Å². The van der Waals surface area contributed by atoms with Crippen molar-refractivity contribution in [2.24, 2.45) is 5.92 Å². The molecule has 2 heterocycles. The molecule has 0 bridgehead atoms. The van der Waals surface area contributed by atoms with Crippen molar-refractivity contribution in [3.63, 3.8) is 0 Å². The van der Waals surface area contributed by atoms with E-state index < -0.39 is 0 Å². The van der Waals surface area contributed by atoms with Crippen molar-refractivity contribution in [1.29, 1.82) is 0 Å². The van der Waals surface area contributed by atoms with Crippen molar-refractivity contribution < 1.29 is 4.79 Å². The number of anilines is 1. The second-order valence-electron chi connectivity index (χ2n) is 6.96. The zero-order chi connectivity index (χ0) is 17.2. The number of piperidine rings is 1. The fourth-order valence-electron chi connectivity index (χ4n) is 3.67. The number of hydrogen-bond acceptors (Lipinski definition) is 3. The predicted molar refractivity (Wildman–Crippen MR) is 103 cm³/mol. The van der Waals surface area contributed by atoms with Gasteiger partial charge in [0.2, 0.25) is 5.91 Å². The molecule has 2 aromatic rings. The lowest BCUT2D eigenvalue weighted by Gasteiger charge is -2.33. The summed E-state index contributed by atoms with van der Waals surface area (Å²) in [5.74, 6) is 1.80. The Morgan fingerprint density at radius 3 is 2.56 bits per heavy atom. The molecule has 5 heteroatoms. The summed E-state index contributed by atoms with van der Waals surface area (Å²) in [6, 6.07) is 14.6. The number of carbonyl (C=O) groups excluding carboxylic acids is 1. The molecule has 25 heavy (non-hydrogen) atoms. The first-order valence-corrected chi connectivity index (χ1v) is 9.72. The zero-order valence-corrected chi connectivity index (χ0v) is 15.7. The van der Waals surface area contributed by atoms with Crippen molar-refractivity contribution in [1.82, 2.24) is 10.3 Å². The highest BCUT2D eigenvalue weighted by Crippen LogP contribution is 2.47. The van der Waals surface area contributed by atoms with E-state index in [2.05, 4.69) is 55.4 Å². The number of carbonyl (C=O) groups is 1. The van der Waals surface area contributed by atoms with Crippen LogP contribution >= 0.6 is 15.9 Å². The van der Waals surface area contributed by atoms with Gasteiger partial charge < -0.3 is 10.2 Å². The number of pyridine rings is 1. The summed E-state index contributed by atoms with van der Waals surface area (Å²) < 4.78 is 1.08. The van der Waals surface area contributed by atoms with E-state index in [0.29, 0.717) is 12.0 Å². The maximum absolute atomic E-state index is 12.5. The number of nitrogens with zero attached hydrogens (tertiary/aromatic N) is 2. The van der Waals surface area contributed by atoms with E-state index in [-0.39, 0.29) is 11.8 Å². The SMILES string of the molecule is O=C(NC1CCN(c2ccccn2)CC1)C1CC1c1ccc(Br)cc1. The summed E-state index contributed by atoms with van der Waals surface area (Å²) in [7, 11) is 0. The summed E-state index contributed by atoms with van der Waals surface area (Å²) >= 11 is 3.46. The first kappa shape index (κ1) is 16.6. The Morgan fingerprint density at radius 2 is 1.88 bits per heavy atom. The minimum absolute atomic E-state index is 0.148. The minimum Gasteiger partial charge on any atom is -0.356 e. The number of halogens is 1. The van der Waals surface area contributed by atoms with Crippen LogP contribution in [0.15, 0.2) is 53.1 Å². The second kappa shape index (κ2) is 7.16. The first-order chi connectivity index (χ1) is 12.2. The third-order valence-corrected chi connectivity index (χ3v) is 5.77. The third-order valence-electron chi connectivity index (χ3n) is 5.24. The van der Waals surface area contributed by atoms with Crippen molar-refractivity contribution >= 4 is 27.7 Å². The second-order valence-corrected chi connectivity index (χ2v) is 7.87. The number of amides is 1. The molecule has 130 valence electrons. The molecule has 1 aromatic carbocycles. The topological polar surface area (TPSA) is 45.2 Å². The molecule has 1 N–H and O–H groups in total. The number of nitrogens with one attached hydrogen (secondary N) is 1. The van der Waals surface area contributed by atoms with Crippen molar-refractivity contribution in [2.75, 3.05) is 18.0 Å². The van der Waals surface area contributed by atoms with Gasteiger partial charge in [-0.15, -0.1) is 0 Å². The standard InChI is InChI=1S/C20H22BrN3O/c21-15-6-4-14(5-7-15)17-13-18(17)20(25)23-16-8-11-24(12-9-16)19-3-1-2-10-22-19/h1-7,10,16-18H,8-9,11-13H2,(H,23,25). The fraction of sp³-hybridized carbons (Fsp3) is 0.400. The number of rotatable bonds is 4. The van der Waals surface area contributed by atoms with Crippen LogP contribution in [0.4, 0.5) is 5.82 Å². The van der Waals surface area contributed by atoms with Crippen molar-refractivity contribution in [3.8, 4) is 0 Å². The molecule has 1 aromatic heterocycles. The smallest absolute Gasteiger partial charge is 0.223 e. The molecule has 0 spiro atoms. The molecule has 4 nitrogen and oxygen atoms in total. The Bertz CT molecular complexity index is 726. The number of aromatic nitrogens is 1. The van der Waals surface area contributed by atoms with Gasteiger partial charge in [0.15, 0.2) is 0 Å². The molecule has 2 unspecified atom stereocenters. The lowest BCUT2D eigenvalue weighted by molar-refractivity contribution is -0.123. The number of benzene rings is 1. The van der Waals surface area contributed by atoms with Gasteiger partial charge in [-0.2, -0.15) is 0 Å². The molecule has 1 aliphatic carbocycles. The van der Waals surface area contributed by atoms with Crippen LogP contribution in [0, 0.1) is 5.92 Å². The molecular weight excluding hydrogens is 378 g/mol. The van der Waals surface area contributed by atoms with E-state index in [1.807, 2.05) is 24.4 Å². The van der Waals surface area contributed by atoms with E-state index in [1.165, 1.54) is 5.56 Å². The fourth-order valence-corrected chi connectivity index (χ4v) is 3.93. The van der Waals surface area contributed by atoms with Crippen molar-refractivity contribution in [2.45, 2.75) is 31.2 Å². The van der Waals surface area contributed by atoms with E-state index >= 15 is 0 Å². The first-order valence-electron chi connectivity index (χ1n) is 8.92. The maximum atomic E-state index is 12.5. The molecule has 0 radical (unpaired) electrons. The molecule has 1 saturated heterocycles. The molecule has 1 saturated carbocycles. The molecule has 1 amide bonds. The molecule has 2 atom stereocenters. The quantitative estimate of drug-likeness (QED) is 0.851. The minimum atomic E-state index is 0.148. The summed E-state index contributed by atoms with van der Waals surface area (Å²) in [5.41, 5.74) is 1.27. The lowest BCUT2D eigenvalue weighted by atomic mass is 10.0. The average molecular weight is 400 g/mol. The predicted octanol–water partition coefficient (Wildman–Crippen LogP) is 3.73. The van der Waals surface area contributed by atoms with Crippen LogP contribution in [0.25, 0.3) is 0 Å². The summed E-state index contributed by atoms with van der Waals surface area (Å²) in [6.07, 6.45) is 4.77. The van der Waals surface area contributed by atoms with Gasteiger partial charge in [0.25, 0.3) is 0 Å². The van der Waals surface area contributed by atoms with Gasteiger partial charge in [0.05, 0.1) is 0 Å². The molecule has 2 fully saturated rings. The van der Waals surface area contributed by atoms with Crippen LogP contribution in [-0.2, 0) is 4.79 Å². The van der Waals surface area contributed by atoms with Gasteiger partial charge in [-0.3, -0.25) is 4.79 Å². The summed E-state index contributed by atoms with van der Waals surface area (Å²) in [4.78, 5) is 19.2. The third kappa shape index (κ3) is 3.87. The van der Waals surface area contributed by atoms with E-state index in [1.54, 1.807) is 0 Å². The van der Waals surface area contributed by atoms with Gasteiger partial charge in [0, 0.05) is 35.7 Å². The highest BCUT2D eigenvalue weighted by Gasteiger charge is 2.44. The zero-order valence-electron chi connectivity index (χ0n) is 14.1. The molecule has 4 rings (SSSR count). The van der Waals surface area contributed by atoms with E-state index in [9.17, 15) is 4.79 Å². The maximum Gasteiger partial charge on any atom is 0.223 e. The largest absolute Gasteiger partial charge is 0.356 e. The monoisotopic (exact) mass is 399 g/mol. The van der Waals surface area contributed by atoms with Gasteiger partial charge in [-0.05, 0) is 55.0 Å². The Hall–Kier alpha value is -1.88. The summed E-state index contributed by atoms with van der Waals surface area (Å²) in [5, 5.41) is 3.27. The van der Waals surface area contributed by atoms with Crippen LogP contribution in [0.1, 0.15) is 30.7 Å². The molecular formula is C20H22BrN3O. The molecule has 1 aliphatic heterocycles. The molecule has 2 aliphatic rings. The Morgan fingerprint density at radius 1 is 1.12 bits per heavy atom. The Labute approximate surface area is 156 Å². The van der Waals surface area contributed by atoms with Crippen LogP contribution in [-0.4, -0.2) is 30.0 Å². The van der Waals surface area contributed by atoms with Crippen LogP contribution in [0.3, 0.4) is 0 Å². The normalized spacial score (nSPS) is 23.3. The van der Waals surface area contributed by atoms with Gasteiger partial charge >= 0.3 is 0 Å². The van der Waals surface area contributed by atoms with E-state index in [0.717, 1.165) is 42.6 Å². The average Bonchev–Trinajstić information content (AvgIpc) is 3.45. The van der Waals surface area contributed by atoms with E-state index in [4.69, 9.17) is 0 Å². The van der Waals surface area contributed by atoms with Gasteiger partial charge in [0.1, 0.15) is 5.82 Å². The Balaban J connectivity index is 1.26. The van der Waals surface area contributed by atoms with Crippen LogP contribution in [0.5, 0.6) is 0 Å². The Kier molecular flexibility index (Phi) is 4.75. The lowest BCUT2D eigenvalue weighted by Crippen LogP contribution is -2.45. The van der Waals surface area contributed by atoms with Gasteiger partial charge in [-0.25, -0.2) is 4.98 Å². The number of hydrogen-bond donors (Lipinski definition) is 1. The highest BCUT2D eigenvalue weighted by atomic mass is 79.9. The summed E-state index contributed by atoms with van der Waals surface area (Å²) in [6.45, 7) is 1.89.